The number of nitrogens with one attached hydrogen (secondary N) is 2. The first-order valence-corrected chi connectivity index (χ1v) is 8.46. The van der Waals surface area contributed by atoms with Crippen LogP contribution in [0.25, 0.3) is 0 Å². The smallest absolute Gasteiger partial charge is 0.276 e. The van der Waals surface area contributed by atoms with Crippen molar-refractivity contribution in [3.63, 3.8) is 0 Å². The molecule has 0 fully saturated rings. The fraction of sp³-hybridized carbons (Fsp3) is 0.105. The molecule has 27 heavy (non-hydrogen) atoms. The van der Waals surface area contributed by atoms with Crippen molar-refractivity contribution in [2.24, 2.45) is 0 Å². The topological polar surface area (TPSA) is 66.9 Å². The molecule has 1 heterocycles. The maximum atomic E-state index is 13.6. The summed E-state index contributed by atoms with van der Waals surface area (Å²) in [4.78, 5) is 20.1. The van der Waals surface area contributed by atoms with E-state index in [0.29, 0.717) is 17.4 Å². The third-order valence-electron chi connectivity index (χ3n) is 3.72. The van der Waals surface area contributed by atoms with Gasteiger partial charge in [-0.15, -0.1) is 0 Å². The van der Waals surface area contributed by atoms with E-state index in [0.717, 1.165) is 24.1 Å². The Balaban J connectivity index is 1.56. The SMILES string of the molecule is O=C(Nc1c(F)cccc1F)c1cnc(NCCc2ccc(Cl)cc2)cn1. The van der Waals surface area contributed by atoms with E-state index in [9.17, 15) is 13.6 Å². The lowest BCUT2D eigenvalue weighted by atomic mass is 10.1. The van der Waals surface area contributed by atoms with Crippen molar-refractivity contribution >= 4 is 29.0 Å². The van der Waals surface area contributed by atoms with Crippen LogP contribution < -0.4 is 10.6 Å². The van der Waals surface area contributed by atoms with E-state index in [1.165, 1.54) is 18.5 Å². The fourth-order valence-corrected chi connectivity index (χ4v) is 2.44. The first-order chi connectivity index (χ1) is 13.0. The largest absolute Gasteiger partial charge is 0.368 e. The fourth-order valence-electron chi connectivity index (χ4n) is 2.32. The van der Waals surface area contributed by atoms with Crippen molar-refractivity contribution in [3.05, 3.63) is 82.8 Å². The molecular weight excluding hydrogens is 374 g/mol. The van der Waals surface area contributed by atoms with Gasteiger partial charge in [-0.05, 0) is 36.2 Å². The molecule has 3 rings (SSSR count). The number of amides is 1. The van der Waals surface area contributed by atoms with Gasteiger partial charge in [0.1, 0.15) is 28.8 Å². The Morgan fingerprint density at radius 1 is 1.00 bits per heavy atom. The zero-order valence-corrected chi connectivity index (χ0v) is 14.8. The molecule has 0 atom stereocenters. The van der Waals surface area contributed by atoms with Crippen molar-refractivity contribution in [1.82, 2.24) is 9.97 Å². The lowest BCUT2D eigenvalue weighted by Crippen LogP contribution is -2.16. The Labute approximate surface area is 159 Å². The normalized spacial score (nSPS) is 10.5. The third kappa shape index (κ3) is 4.98. The van der Waals surface area contributed by atoms with Crippen molar-refractivity contribution in [1.29, 1.82) is 0 Å². The molecule has 2 aromatic carbocycles. The average Bonchev–Trinajstić information content (AvgIpc) is 2.67. The molecule has 138 valence electrons. The van der Waals surface area contributed by atoms with Gasteiger partial charge in [0.15, 0.2) is 0 Å². The molecule has 1 aromatic heterocycles. The minimum atomic E-state index is -0.864. The summed E-state index contributed by atoms with van der Waals surface area (Å²) in [5, 5.41) is 5.93. The predicted octanol–water partition coefficient (Wildman–Crippen LogP) is 4.32. The third-order valence-corrected chi connectivity index (χ3v) is 3.97. The van der Waals surface area contributed by atoms with E-state index >= 15 is 0 Å². The highest BCUT2D eigenvalue weighted by Crippen LogP contribution is 2.18. The summed E-state index contributed by atoms with van der Waals surface area (Å²) in [6.07, 6.45) is 3.38. The Kier molecular flexibility index (Phi) is 5.93. The summed E-state index contributed by atoms with van der Waals surface area (Å²) in [6, 6.07) is 10.8. The van der Waals surface area contributed by atoms with E-state index in [-0.39, 0.29) is 5.69 Å². The number of hydrogen-bond acceptors (Lipinski definition) is 4. The Bertz CT molecular complexity index is 913. The zero-order valence-electron chi connectivity index (χ0n) is 14.0. The second kappa shape index (κ2) is 8.55. The van der Waals surface area contributed by atoms with Gasteiger partial charge in [-0.25, -0.2) is 18.7 Å². The average molecular weight is 389 g/mol. The molecule has 2 N–H and O–H groups in total. The van der Waals surface area contributed by atoms with Crippen LogP contribution in [0, 0.1) is 11.6 Å². The molecule has 3 aromatic rings. The summed E-state index contributed by atoms with van der Waals surface area (Å²) >= 11 is 5.84. The molecule has 1 amide bonds. The molecule has 0 saturated heterocycles. The molecular formula is C19H15ClF2N4O. The molecule has 0 aliphatic carbocycles. The van der Waals surface area contributed by atoms with Gasteiger partial charge in [-0.3, -0.25) is 4.79 Å². The van der Waals surface area contributed by atoms with E-state index < -0.39 is 23.2 Å². The van der Waals surface area contributed by atoms with E-state index in [1.54, 1.807) is 0 Å². The molecule has 0 saturated carbocycles. The van der Waals surface area contributed by atoms with Gasteiger partial charge in [0.05, 0.1) is 12.4 Å². The summed E-state index contributed by atoms with van der Waals surface area (Å²) < 4.78 is 27.2. The van der Waals surface area contributed by atoms with Gasteiger partial charge in [-0.2, -0.15) is 0 Å². The van der Waals surface area contributed by atoms with Crippen molar-refractivity contribution in [3.8, 4) is 0 Å². The van der Waals surface area contributed by atoms with Crippen LogP contribution in [-0.2, 0) is 6.42 Å². The molecule has 0 radical (unpaired) electrons. The Morgan fingerprint density at radius 3 is 2.33 bits per heavy atom. The number of para-hydroxylation sites is 1. The molecule has 0 spiro atoms. The molecule has 0 bridgehead atoms. The highest BCUT2D eigenvalue weighted by molar-refractivity contribution is 6.30. The van der Waals surface area contributed by atoms with Crippen LogP contribution in [0.1, 0.15) is 16.1 Å². The molecule has 5 nitrogen and oxygen atoms in total. The van der Waals surface area contributed by atoms with Crippen molar-refractivity contribution in [2.45, 2.75) is 6.42 Å². The van der Waals surface area contributed by atoms with Gasteiger partial charge >= 0.3 is 0 Å². The van der Waals surface area contributed by atoms with Crippen molar-refractivity contribution in [2.75, 3.05) is 17.2 Å². The minimum absolute atomic E-state index is 0.0547. The highest BCUT2D eigenvalue weighted by atomic mass is 35.5. The monoisotopic (exact) mass is 388 g/mol. The number of nitrogens with zero attached hydrogens (tertiary/aromatic N) is 2. The number of rotatable bonds is 6. The molecule has 8 heteroatoms. The van der Waals surface area contributed by atoms with E-state index in [2.05, 4.69) is 20.6 Å². The van der Waals surface area contributed by atoms with Crippen molar-refractivity contribution < 1.29 is 13.6 Å². The van der Waals surface area contributed by atoms with Gasteiger partial charge in [-0.1, -0.05) is 29.8 Å². The number of halogens is 3. The minimum Gasteiger partial charge on any atom is -0.368 e. The van der Waals surface area contributed by atoms with Crippen LogP contribution in [0.2, 0.25) is 5.02 Å². The summed E-state index contributed by atoms with van der Waals surface area (Å²) in [7, 11) is 0. The highest BCUT2D eigenvalue weighted by Gasteiger charge is 2.14. The zero-order chi connectivity index (χ0) is 19.2. The van der Waals surface area contributed by atoms with E-state index in [4.69, 9.17) is 11.6 Å². The van der Waals surface area contributed by atoms with Crippen LogP contribution in [0.15, 0.2) is 54.9 Å². The standard InChI is InChI=1S/C19H15ClF2N4O/c20-13-6-4-12(5-7-13)8-9-23-17-11-24-16(10-25-17)19(27)26-18-14(21)2-1-3-15(18)22/h1-7,10-11H,8-9H2,(H,23,25)(H,26,27). The number of benzene rings is 2. The lowest BCUT2D eigenvalue weighted by Gasteiger charge is -2.08. The van der Waals surface area contributed by atoms with Gasteiger partial charge < -0.3 is 10.6 Å². The predicted molar refractivity (Wildman–Crippen MR) is 100.0 cm³/mol. The Hall–Kier alpha value is -3.06. The van der Waals surface area contributed by atoms with E-state index in [1.807, 2.05) is 24.3 Å². The molecule has 0 aliphatic heterocycles. The number of aromatic nitrogens is 2. The van der Waals surface area contributed by atoms with Crippen LogP contribution in [-0.4, -0.2) is 22.4 Å². The van der Waals surface area contributed by atoms with Crippen LogP contribution >= 0.6 is 11.6 Å². The van der Waals surface area contributed by atoms with Gasteiger partial charge in [0.2, 0.25) is 0 Å². The summed E-state index contributed by atoms with van der Waals surface area (Å²) in [5.41, 5.74) is 0.540. The quantitative estimate of drug-likeness (QED) is 0.660. The maximum Gasteiger partial charge on any atom is 0.276 e. The van der Waals surface area contributed by atoms with Crippen LogP contribution in [0.3, 0.4) is 0 Å². The van der Waals surface area contributed by atoms with Crippen LogP contribution in [0.4, 0.5) is 20.3 Å². The molecule has 0 unspecified atom stereocenters. The lowest BCUT2D eigenvalue weighted by molar-refractivity contribution is 0.102. The van der Waals surface area contributed by atoms with Crippen LogP contribution in [0.5, 0.6) is 0 Å². The van der Waals surface area contributed by atoms with Gasteiger partial charge in [0, 0.05) is 11.6 Å². The number of hydrogen-bond donors (Lipinski definition) is 2. The maximum absolute atomic E-state index is 13.6. The Morgan fingerprint density at radius 2 is 1.70 bits per heavy atom. The number of carbonyl (C=O) groups excluding carboxylic acids is 1. The number of carbonyl (C=O) groups is 1. The van der Waals surface area contributed by atoms with Gasteiger partial charge in [0.25, 0.3) is 5.91 Å². The summed E-state index contributed by atoms with van der Waals surface area (Å²) in [5.74, 6) is -2.00. The second-order valence-corrected chi connectivity index (χ2v) is 6.08. The first kappa shape index (κ1) is 18.7. The summed E-state index contributed by atoms with van der Waals surface area (Å²) in [6.45, 7) is 0.613. The second-order valence-electron chi connectivity index (χ2n) is 5.64. The number of anilines is 2. The first-order valence-electron chi connectivity index (χ1n) is 8.08. The molecule has 0 aliphatic rings.